The Hall–Kier alpha value is -2.91. The summed E-state index contributed by atoms with van der Waals surface area (Å²) in [6.45, 7) is 7.21. The highest BCUT2D eigenvalue weighted by Crippen LogP contribution is 2.36. The Bertz CT molecular complexity index is 922. The lowest BCUT2D eigenvalue weighted by Gasteiger charge is -2.22. The number of hydrogen-bond acceptors (Lipinski definition) is 7. The summed E-state index contributed by atoms with van der Waals surface area (Å²) in [7, 11) is 3.30. The van der Waals surface area contributed by atoms with Crippen molar-refractivity contribution in [3.63, 3.8) is 0 Å². The molecule has 2 amide bonds. The number of anilines is 1. The monoisotopic (exact) mass is 461 g/mol. The average molecular weight is 462 g/mol. The second-order valence-corrected chi connectivity index (χ2v) is 7.97. The fourth-order valence-corrected chi connectivity index (χ4v) is 4.19. The van der Waals surface area contributed by atoms with Gasteiger partial charge in [-0.1, -0.05) is 12.1 Å². The van der Waals surface area contributed by atoms with E-state index in [9.17, 15) is 14.4 Å². The van der Waals surface area contributed by atoms with Gasteiger partial charge in [-0.25, -0.2) is 4.79 Å². The third-order valence-electron chi connectivity index (χ3n) is 4.86. The van der Waals surface area contributed by atoms with E-state index in [1.54, 1.807) is 30.9 Å². The molecule has 1 aromatic heterocycles. The molecule has 0 radical (unpaired) electrons. The first-order valence-electron chi connectivity index (χ1n) is 10.5. The minimum Gasteiger partial charge on any atom is -0.497 e. The van der Waals surface area contributed by atoms with Gasteiger partial charge >= 0.3 is 5.97 Å². The minimum atomic E-state index is -0.500. The summed E-state index contributed by atoms with van der Waals surface area (Å²) in [5.74, 6) is -0.138. The summed E-state index contributed by atoms with van der Waals surface area (Å²) in [6.07, 6.45) is 0. The highest BCUT2D eigenvalue weighted by atomic mass is 32.1. The maximum atomic E-state index is 12.7. The Labute approximate surface area is 193 Å². The number of nitrogens with one attached hydrogen (secondary N) is 1. The van der Waals surface area contributed by atoms with E-state index in [0.717, 1.165) is 5.56 Å². The maximum Gasteiger partial charge on any atom is 0.341 e. The molecular weight excluding hydrogens is 430 g/mol. The molecule has 2 aromatic rings. The Morgan fingerprint density at radius 2 is 1.69 bits per heavy atom. The number of amides is 2. The van der Waals surface area contributed by atoms with Gasteiger partial charge in [0.2, 0.25) is 11.8 Å². The maximum absolute atomic E-state index is 12.7. The summed E-state index contributed by atoms with van der Waals surface area (Å²) < 4.78 is 10.4. The van der Waals surface area contributed by atoms with Gasteiger partial charge in [-0.2, -0.15) is 0 Å². The molecule has 0 unspecified atom stereocenters. The van der Waals surface area contributed by atoms with Crippen molar-refractivity contribution >= 4 is 34.1 Å². The number of hydrogen-bond donors (Lipinski definition) is 1. The zero-order valence-corrected chi connectivity index (χ0v) is 20.1. The van der Waals surface area contributed by atoms with E-state index in [2.05, 4.69) is 5.32 Å². The van der Waals surface area contributed by atoms with Crippen LogP contribution < -0.4 is 10.1 Å². The molecule has 0 saturated heterocycles. The quantitative estimate of drug-likeness (QED) is 0.517. The van der Waals surface area contributed by atoms with Crippen LogP contribution in [0.25, 0.3) is 11.1 Å². The van der Waals surface area contributed by atoms with Crippen molar-refractivity contribution in [1.82, 2.24) is 9.80 Å². The van der Waals surface area contributed by atoms with Gasteiger partial charge in [0.05, 0.1) is 26.8 Å². The molecule has 0 bridgehead atoms. The number of benzene rings is 1. The first-order chi connectivity index (χ1) is 15.3. The normalized spacial score (nSPS) is 10.7. The van der Waals surface area contributed by atoms with Crippen LogP contribution in [0.2, 0.25) is 0 Å². The van der Waals surface area contributed by atoms with Crippen LogP contribution in [0.3, 0.4) is 0 Å². The van der Waals surface area contributed by atoms with Crippen molar-refractivity contribution in [3.05, 3.63) is 35.2 Å². The van der Waals surface area contributed by atoms with Gasteiger partial charge in [-0.15, -0.1) is 11.3 Å². The van der Waals surface area contributed by atoms with Crippen molar-refractivity contribution in [2.45, 2.75) is 20.8 Å². The summed E-state index contributed by atoms with van der Waals surface area (Å²) in [6, 6.07) is 7.31. The van der Waals surface area contributed by atoms with Crippen LogP contribution in [0.5, 0.6) is 5.75 Å². The Morgan fingerprint density at radius 3 is 2.25 bits per heavy atom. The van der Waals surface area contributed by atoms with Gasteiger partial charge in [-0.3, -0.25) is 14.5 Å². The zero-order valence-electron chi connectivity index (χ0n) is 19.3. The molecule has 2 rings (SSSR count). The number of thiophene rings is 1. The predicted octanol–water partition coefficient (Wildman–Crippen LogP) is 3.34. The molecule has 1 N–H and O–H groups in total. The van der Waals surface area contributed by atoms with Crippen LogP contribution in [-0.4, -0.2) is 74.5 Å². The number of carbonyl (C=O) groups excluding carboxylic acids is 3. The molecular formula is C23H31N3O5S. The van der Waals surface area contributed by atoms with Crippen molar-refractivity contribution in [3.8, 4) is 16.9 Å². The number of rotatable bonds is 11. The van der Waals surface area contributed by atoms with Crippen molar-refractivity contribution < 1.29 is 23.9 Å². The fourth-order valence-electron chi connectivity index (χ4n) is 3.21. The largest absolute Gasteiger partial charge is 0.497 e. The van der Waals surface area contributed by atoms with Crippen LogP contribution in [0.4, 0.5) is 5.00 Å². The molecule has 0 fully saturated rings. The van der Waals surface area contributed by atoms with E-state index in [4.69, 9.17) is 9.47 Å². The third-order valence-corrected chi connectivity index (χ3v) is 5.75. The minimum absolute atomic E-state index is 0.0189. The molecule has 9 heteroatoms. The van der Waals surface area contributed by atoms with E-state index in [0.29, 0.717) is 35.0 Å². The molecule has 0 aliphatic rings. The summed E-state index contributed by atoms with van der Waals surface area (Å²) in [4.78, 5) is 40.9. The van der Waals surface area contributed by atoms with Gasteiger partial charge in [0.1, 0.15) is 16.3 Å². The van der Waals surface area contributed by atoms with Crippen LogP contribution >= 0.6 is 11.3 Å². The highest BCUT2D eigenvalue weighted by molar-refractivity contribution is 7.15. The molecule has 0 aliphatic heterocycles. The Morgan fingerprint density at radius 1 is 1.03 bits per heavy atom. The Balaban J connectivity index is 2.17. The lowest BCUT2D eigenvalue weighted by Crippen LogP contribution is -2.41. The van der Waals surface area contributed by atoms with Gasteiger partial charge in [0.25, 0.3) is 0 Å². The summed E-state index contributed by atoms with van der Waals surface area (Å²) >= 11 is 1.26. The molecule has 0 spiro atoms. The van der Waals surface area contributed by atoms with Crippen molar-refractivity contribution in [1.29, 1.82) is 0 Å². The summed E-state index contributed by atoms with van der Waals surface area (Å²) in [5, 5.41) is 5.05. The Kier molecular flexibility index (Phi) is 9.67. The highest BCUT2D eigenvalue weighted by Gasteiger charge is 2.23. The van der Waals surface area contributed by atoms with Crippen LogP contribution in [0, 0.1) is 0 Å². The van der Waals surface area contributed by atoms with Crippen LogP contribution in [0.15, 0.2) is 29.6 Å². The van der Waals surface area contributed by atoms with E-state index in [1.807, 2.05) is 43.5 Å². The molecule has 0 aliphatic carbocycles. The topological polar surface area (TPSA) is 88.2 Å². The molecule has 174 valence electrons. The van der Waals surface area contributed by atoms with Gasteiger partial charge in [0.15, 0.2) is 0 Å². The third kappa shape index (κ3) is 6.54. The lowest BCUT2D eigenvalue weighted by molar-refractivity contribution is -0.132. The number of carbonyl (C=O) groups is 3. The molecule has 32 heavy (non-hydrogen) atoms. The first-order valence-corrected chi connectivity index (χ1v) is 11.4. The van der Waals surface area contributed by atoms with Gasteiger partial charge in [0, 0.05) is 24.0 Å². The van der Waals surface area contributed by atoms with Crippen molar-refractivity contribution in [2.24, 2.45) is 0 Å². The fraction of sp³-hybridized carbons (Fsp3) is 0.435. The number of methoxy groups -OCH3 is 1. The number of nitrogens with zero attached hydrogens (tertiary/aromatic N) is 2. The van der Waals surface area contributed by atoms with Crippen LogP contribution in [-0.2, 0) is 14.3 Å². The SMILES string of the molecule is CCOC(=O)c1c(-c2ccc(OC)cc2)csc1NC(=O)CN(C)CC(=O)N(CC)CC. The van der Waals surface area contributed by atoms with E-state index >= 15 is 0 Å². The predicted molar refractivity (Wildman–Crippen MR) is 126 cm³/mol. The zero-order chi connectivity index (χ0) is 23.7. The first kappa shape index (κ1) is 25.4. The molecule has 1 heterocycles. The second kappa shape index (κ2) is 12.2. The van der Waals surface area contributed by atoms with E-state index in [-0.39, 0.29) is 31.5 Å². The number of likely N-dealkylation sites (N-methyl/N-ethyl adjacent to an activating group) is 2. The van der Waals surface area contributed by atoms with Crippen LogP contribution in [0.1, 0.15) is 31.1 Å². The number of ether oxygens (including phenoxy) is 2. The standard InChI is InChI=1S/C23H31N3O5S/c1-6-26(7-2)20(28)14-25(4)13-19(27)24-22-21(23(29)31-8-3)18(15-32-22)16-9-11-17(30-5)12-10-16/h9-12,15H,6-8,13-14H2,1-5H3,(H,24,27). The number of esters is 1. The van der Waals surface area contributed by atoms with E-state index in [1.165, 1.54) is 11.3 Å². The second-order valence-electron chi connectivity index (χ2n) is 7.09. The average Bonchev–Trinajstić information content (AvgIpc) is 3.18. The smallest absolute Gasteiger partial charge is 0.341 e. The van der Waals surface area contributed by atoms with Gasteiger partial charge < -0.3 is 19.7 Å². The van der Waals surface area contributed by atoms with Crippen molar-refractivity contribution in [2.75, 3.05) is 52.3 Å². The molecule has 8 nitrogen and oxygen atoms in total. The molecule has 0 saturated carbocycles. The molecule has 0 atom stereocenters. The molecule has 1 aromatic carbocycles. The lowest BCUT2D eigenvalue weighted by atomic mass is 10.0. The van der Waals surface area contributed by atoms with Gasteiger partial charge in [-0.05, 0) is 45.5 Å². The van der Waals surface area contributed by atoms with E-state index < -0.39 is 5.97 Å². The summed E-state index contributed by atoms with van der Waals surface area (Å²) in [5.41, 5.74) is 1.81.